The molecule has 2 aromatic carbocycles. The highest BCUT2D eigenvalue weighted by atomic mass is 32.2. The van der Waals surface area contributed by atoms with E-state index in [1.54, 1.807) is 36.4 Å². The van der Waals surface area contributed by atoms with Crippen molar-refractivity contribution in [2.45, 2.75) is 17.0 Å². The van der Waals surface area contributed by atoms with E-state index in [9.17, 15) is 27.6 Å². The molecule has 3 amide bonds. The summed E-state index contributed by atoms with van der Waals surface area (Å²) in [5.74, 6) is -4.73. The Labute approximate surface area is 179 Å². The zero-order valence-corrected chi connectivity index (χ0v) is 17.2. The number of nitrogens with two attached hydrogens (primary N) is 1. The van der Waals surface area contributed by atoms with Crippen LogP contribution in [0, 0.1) is 0 Å². The van der Waals surface area contributed by atoms with E-state index in [0.717, 1.165) is 0 Å². The van der Waals surface area contributed by atoms with Gasteiger partial charge in [-0.3, -0.25) is 24.1 Å². The predicted octanol–water partition coefficient (Wildman–Crippen LogP) is -0.335. The van der Waals surface area contributed by atoms with Gasteiger partial charge < -0.3 is 11.1 Å². The van der Waals surface area contributed by atoms with Crippen molar-refractivity contribution in [2.75, 3.05) is 13.1 Å². The molecular formula is C21H21N3O6S. The summed E-state index contributed by atoms with van der Waals surface area (Å²) in [6.07, 6.45) is 0. The van der Waals surface area contributed by atoms with Crippen LogP contribution in [0.15, 0.2) is 60.7 Å². The number of amides is 3. The number of nitrogens with one attached hydrogen (secondary N) is 1. The summed E-state index contributed by atoms with van der Waals surface area (Å²) in [5.41, 5.74) is 5.73. The van der Waals surface area contributed by atoms with Gasteiger partial charge in [0.25, 0.3) is 11.8 Å². The topological polar surface area (TPSA) is 144 Å². The molecule has 162 valence electrons. The van der Waals surface area contributed by atoms with Crippen LogP contribution in [0.2, 0.25) is 0 Å². The third kappa shape index (κ3) is 4.86. The van der Waals surface area contributed by atoms with E-state index in [2.05, 4.69) is 5.32 Å². The van der Waals surface area contributed by atoms with E-state index in [4.69, 9.17) is 5.73 Å². The van der Waals surface area contributed by atoms with Gasteiger partial charge in [0.15, 0.2) is 15.6 Å². The first-order valence-corrected chi connectivity index (χ1v) is 11.1. The van der Waals surface area contributed by atoms with Gasteiger partial charge >= 0.3 is 0 Å². The third-order valence-corrected chi connectivity index (χ3v) is 6.74. The van der Waals surface area contributed by atoms with Gasteiger partial charge in [-0.15, -0.1) is 0 Å². The molecule has 10 heteroatoms. The van der Waals surface area contributed by atoms with Crippen LogP contribution in [0.1, 0.15) is 15.9 Å². The van der Waals surface area contributed by atoms with Gasteiger partial charge in [-0.2, -0.15) is 0 Å². The summed E-state index contributed by atoms with van der Waals surface area (Å²) in [5, 5.41) is 0.438. The predicted molar refractivity (Wildman–Crippen MR) is 111 cm³/mol. The molecule has 3 N–H and O–H groups in total. The highest BCUT2D eigenvalue weighted by molar-refractivity contribution is 7.92. The maximum atomic E-state index is 13.3. The molecule has 31 heavy (non-hydrogen) atoms. The Morgan fingerprint density at radius 2 is 1.61 bits per heavy atom. The standard InChI is InChI=1S/C21H21N3O6S/c22-19(26)18(31(29,30)13-14-7-3-1-4-8-14)21(28)24(16-11-23-12-17(16)25)20(27)15-9-5-2-6-10-15/h1-10,16,18,23H,11-13H2,(H2,22,26). The number of carbonyl (C=O) groups is 4. The SMILES string of the molecule is NC(=O)C(C(=O)N(C(=O)c1ccccc1)C1CNCC1=O)S(=O)(=O)Cc1ccccc1. The maximum Gasteiger partial charge on any atom is 0.261 e. The van der Waals surface area contributed by atoms with Gasteiger partial charge in [0.05, 0.1) is 12.3 Å². The lowest BCUT2D eigenvalue weighted by Gasteiger charge is -2.28. The Morgan fingerprint density at radius 3 is 2.13 bits per heavy atom. The minimum absolute atomic E-state index is 0.0483. The minimum atomic E-state index is -4.43. The summed E-state index contributed by atoms with van der Waals surface area (Å²) in [6.45, 7) is -0.137. The second-order valence-electron chi connectivity index (χ2n) is 7.07. The second-order valence-corrected chi connectivity index (χ2v) is 9.15. The lowest BCUT2D eigenvalue weighted by atomic mass is 10.1. The van der Waals surface area contributed by atoms with E-state index < -0.39 is 50.4 Å². The minimum Gasteiger partial charge on any atom is -0.368 e. The molecular weight excluding hydrogens is 422 g/mol. The number of ketones is 1. The zero-order chi connectivity index (χ0) is 22.6. The molecule has 0 radical (unpaired) electrons. The Balaban J connectivity index is 2.02. The van der Waals surface area contributed by atoms with Gasteiger partial charge in [-0.25, -0.2) is 8.42 Å². The summed E-state index contributed by atoms with van der Waals surface area (Å²) in [4.78, 5) is 51.4. The number of hydrogen-bond acceptors (Lipinski definition) is 7. The summed E-state index contributed by atoms with van der Waals surface area (Å²) >= 11 is 0. The molecule has 0 bridgehead atoms. The van der Waals surface area contributed by atoms with Crippen molar-refractivity contribution in [3.8, 4) is 0 Å². The van der Waals surface area contributed by atoms with E-state index >= 15 is 0 Å². The fourth-order valence-electron chi connectivity index (χ4n) is 3.38. The third-order valence-electron chi connectivity index (χ3n) is 4.85. The Morgan fingerprint density at radius 1 is 1.03 bits per heavy atom. The second kappa shape index (κ2) is 9.19. The molecule has 1 saturated heterocycles. The average molecular weight is 443 g/mol. The van der Waals surface area contributed by atoms with Gasteiger partial charge in [0.1, 0.15) is 6.04 Å². The van der Waals surface area contributed by atoms with Crippen LogP contribution in [0.4, 0.5) is 0 Å². The average Bonchev–Trinajstić information content (AvgIpc) is 3.14. The number of sulfone groups is 1. The molecule has 1 aliphatic heterocycles. The molecule has 1 aliphatic rings. The maximum absolute atomic E-state index is 13.3. The molecule has 0 saturated carbocycles. The molecule has 1 fully saturated rings. The quantitative estimate of drug-likeness (QED) is 0.557. The molecule has 9 nitrogen and oxygen atoms in total. The van der Waals surface area contributed by atoms with E-state index in [1.807, 2.05) is 0 Å². The largest absolute Gasteiger partial charge is 0.368 e. The van der Waals surface area contributed by atoms with Crippen molar-refractivity contribution >= 4 is 33.3 Å². The van der Waals surface area contributed by atoms with Crippen LogP contribution < -0.4 is 11.1 Å². The molecule has 2 unspecified atom stereocenters. The molecule has 0 aromatic heterocycles. The van der Waals surface area contributed by atoms with E-state index in [0.29, 0.717) is 10.5 Å². The van der Waals surface area contributed by atoms with Crippen LogP contribution in [0.25, 0.3) is 0 Å². The number of benzene rings is 2. The van der Waals surface area contributed by atoms with Crippen LogP contribution in [-0.2, 0) is 30.0 Å². The monoisotopic (exact) mass is 443 g/mol. The molecule has 2 aromatic rings. The first kappa shape index (κ1) is 22.3. The highest BCUT2D eigenvalue weighted by Crippen LogP contribution is 2.19. The van der Waals surface area contributed by atoms with Crippen molar-refractivity contribution in [3.63, 3.8) is 0 Å². The van der Waals surface area contributed by atoms with E-state index in [1.165, 1.54) is 24.3 Å². The van der Waals surface area contributed by atoms with Gasteiger partial charge in [0, 0.05) is 12.1 Å². The molecule has 2 atom stereocenters. The zero-order valence-electron chi connectivity index (χ0n) is 16.4. The normalized spacial score (nSPS) is 17.2. The van der Waals surface area contributed by atoms with Crippen LogP contribution in [0.5, 0.6) is 0 Å². The van der Waals surface area contributed by atoms with Crippen molar-refractivity contribution in [1.82, 2.24) is 10.2 Å². The molecule has 1 heterocycles. The number of nitrogens with zero attached hydrogens (tertiary/aromatic N) is 1. The van der Waals surface area contributed by atoms with Gasteiger partial charge in [-0.05, 0) is 17.7 Å². The van der Waals surface area contributed by atoms with Gasteiger partial charge in [0.2, 0.25) is 11.2 Å². The highest BCUT2D eigenvalue weighted by Gasteiger charge is 2.47. The summed E-state index contributed by atoms with van der Waals surface area (Å²) in [7, 11) is -4.43. The Bertz CT molecular complexity index is 1100. The van der Waals surface area contributed by atoms with Crippen LogP contribution in [0.3, 0.4) is 0 Å². The van der Waals surface area contributed by atoms with Gasteiger partial charge in [-0.1, -0.05) is 48.5 Å². The number of rotatable bonds is 7. The lowest BCUT2D eigenvalue weighted by molar-refractivity contribution is -0.137. The van der Waals surface area contributed by atoms with Crippen molar-refractivity contribution in [3.05, 3.63) is 71.8 Å². The van der Waals surface area contributed by atoms with Crippen molar-refractivity contribution in [1.29, 1.82) is 0 Å². The number of imide groups is 1. The summed E-state index contributed by atoms with van der Waals surface area (Å²) in [6, 6.07) is 14.3. The summed E-state index contributed by atoms with van der Waals surface area (Å²) < 4.78 is 26.0. The lowest BCUT2D eigenvalue weighted by Crippen LogP contribution is -2.57. The number of Topliss-reactive ketones (excluding diaryl/α,β-unsaturated/α-hetero) is 1. The van der Waals surface area contributed by atoms with Crippen molar-refractivity contribution < 1.29 is 27.6 Å². The van der Waals surface area contributed by atoms with Crippen LogP contribution >= 0.6 is 0 Å². The number of hydrogen-bond donors (Lipinski definition) is 2. The molecule has 0 spiro atoms. The molecule has 3 rings (SSSR count). The first-order valence-electron chi connectivity index (χ1n) is 9.43. The van der Waals surface area contributed by atoms with E-state index in [-0.39, 0.29) is 18.7 Å². The fourth-order valence-corrected chi connectivity index (χ4v) is 4.98. The molecule has 0 aliphatic carbocycles. The number of carbonyl (C=O) groups excluding carboxylic acids is 4. The van der Waals surface area contributed by atoms with Crippen molar-refractivity contribution in [2.24, 2.45) is 5.73 Å². The number of primary amides is 1. The first-order chi connectivity index (χ1) is 14.7. The smallest absolute Gasteiger partial charge is 0.261 e. The Kier molecular flexibility index (Phi) is 6.62. The Hall–Kier alpha value is -3.37. The van der Waals surface area contributed by atoms with Crippen LogP contribution in [-0.4, -0.2) is 61.2 Å². The fraction of sp³-hybridized carbons (Fsp3) is 0.238.